The zero-order chi connectivity index (χ0) is 17.6. The normalized spacial score (nSPS) is 10.5. The number of benzene rings is 3. The average molecular weight is 417 g/mol. The van der Waals surface area contributed by atoms with E-state index in [1.54, 1.807) is 0 Å². The van der Waals surface area contributed by atoms with Crippen LogP contribution in [-0.4, -0.2) is 0 Å². The van der Waals surface area contributed by atoms with Crippen molar-refractivity contribution < 1.29 is 4.74 Å². The first-order chi connectivity index (χ1) is 12.1. The van der Waals surface area contributed by atoms with Gasteiger partial charge in [0.1, 0.15) is 12.4 Å². The molecular formula is C21H19BrClNO. The van der Waals surface area contributed by atoms with E-state index in [4.69, 9.17) is 16.3 Å². The van der Waals surface area contributed by atoms with E-state index in [-0.39, 0.29) is 0 Å². The van der Waals surface area contributed by atoms with Crippen molar-refractivity contribution in [3.63, 3.8) is 0 Å². The molecule has 0 aliphatic carbocycles. The number of aryl methyl sites for hydroxylation is 1. The Bertz CT molecular complexity index is 849. The highest BCUT2D eigenvalue weighted by Crippen LogP contribution is 2.26. The predicted molar refractivity (Wildman–Crippen MR) is 108 cm³/mol. The van der Waals surface area contributed by atoms with Gasteiger partial charge in [-0.1, -0.05) is 53.6 Å². The third kappa shape index (κ3) is 5.25. The summed E-state index contributed by atoms with van der Waals surface area (Å²) in [5, 5.41) is 4.07. The second-order valence-corrected chi connectivity index (χ2v) is 7.17. The Labute approximate surface area is 161 Å². The molecule has 1 N–H and O–H groups in total. The van der Waals surface area contributed by atoms with Gasteiger partial charge in [0.05, 0.1) is 5.02 Å². The smallest absolute Gasteiger partial charge is 0.120 e. The molecule has 0 radical (unpaired) electrons. The summed E-state index contributed by atoms with van der Waals surface area (Å²) in [5.41, 5.74) is 4.56. The third-order valence-corrected chi connectivity index (χ3v) is 5.07. The molecule has 0 saturated carbocycles. The summed E-state index contributed by atoms with van der Waals surface area (Å²) in [5.74, 6) is 0.869. The van der Waals surface area contributed by atoms with E-state index in [1.165, 1.54) is 11.1 Å². The molecule has 3 aromatic carbocycles. The molecule has 25 heavy (non-hydrogen) atoms. The van der Waals surface area contributed by atoms with Crippen LogP contribution in [0.3, 0.4) is 0 Å². The number of nitrogens with one attached hydrogen (secondary N) is 1. The van der Waals surface area contributed by atoms with Gasteiger partial charge in [-0.2, -0.15) is 0 Å². The van der Waals surface area contributed by atoms with Crippen molar-refractivity contribution in [1.82, 2.24) is 0 Å². The molecule has 0 spiro atoms. The highest BCUT2D eigenvalue weighted by atomic mass is 79.9. The minimum atomic E-state index is 0.569. The van der Waals surface area contributed by atoms with Crippen LogP contribution in [0.15, 0.2) is 71.2 Å². The monoisotopic (exact) mass is 415 g/mol. The van der Waals surface area contributed by atoms with Crippen LogP contribution in [0.1, 0.15) is 16.7 Å². The molecule has 0 heterocycles. The second kappa shape index (κ2) is 8.41. The third-order valence-electron chi connectivity index (χ3n) is 3.84. The van der Waals surface area contributed by atoms with Crippen molar-refractivity contribution in [2.24, 2.45) is 0 Å². The molecule has 4 heteroatoms. The maximum Gasteiger partial charge on any atom is 0.120 e. The van der Waals surface area contributed by atoms with Gasteiger partial charge in [-0.05, 0) is 64.3 Å². The first kappa shape index (κ1) is 17.8. The molecule has 0 atom stereocenters. The van der Waals surface area contributed by atoms with Crippen molar-refractivity contribution in [3.8, 4) is 5.75 Å². The van der Waals surface area contributed by atoms with E-state index in [2.05, 4.69) is 64.6 Å². The summed E-state index contributed by atoms with van der Waals surface area (Å²) in [4.78, 5) is 0. The fraction of sp³-hybridized carbons (Fsp3) is 0.143. The van der Waals surface area contributed by atoms with Gasteiger partial charge >= 0.3 is 0 Å². The summed E-state index contributed by atoms with van der Waals surface area (Å²) in [7, 11) is 0. The Morgan fingerprint density at radius 1 is 0.960 bits per heavy atom. The van der Waals surface area contributed by atoms with Gasteiger partial charge in [0, 0.05) is 16.7 Å². The molecule has 0 aliphatic heterocycles. The lowest BCUT2D eigenvalue weighted by Gasteiger charge is -2.10. The lowest BCUT2D eigenvalue weighted by Crippen LogP contribution is -2.00. The number of hydrogen-bond acceptors (Lipinski definition) is 2. The van der Waals surface area contributed by atoms with Crippen LogP contribution >= 0.6 is 27.5 Å². The van der Waals surface area contributed by atoms with Crippen LogP contribution in [0.5, 0.6) is 5.75 Å². The highest BCUT2D eigenvalue weighted by molar-refractivity contribution is 9.10. The van der Waals surface area contributed by atoms with E-state index in [0.717, 1.165) is 21.5 Å². The molecule has 3 rings (SSSR count). The highest BCUT2D eigenvalue weighted by Gasteiger charge is 2.01. The molecule has 0 aromatic heterocycles. The molecule has 128 valence electrons. The lowest BCUT2D eigenvalue weighted by molar-refractivity contribution is 0.306. The van der Waals surface area contributed by atoms with Crippen molar-refractivity contribution in [2.75, 3.05) is 5.32 Å². The van der Waals surface area contributed by atoms with Gasteiger partial charge in [-0.3, -0.25) is 0 Å². The Hall–Kier alpha value is -1.97. The van der Waals surface area contributed by atoms with Crippen LogP contribution in [0.2, 0.25) is 5.02 Å². The quantitative estimate of drug-likeness (QED) is 0.488. The van der Waals surface area contributed by atoms with Gasteiger partial charge in [0.15, 0.2) is 0 Å². The molecule has 0 fully saturated rings. The Morgan fingerprint density at radius 3 is 2.52 bits per heavy atom. The van der Waals surface area contributed by atoms with E-state index in [0.29, 0.717) is 18.2 Å². The number of halogens is 2. The number of ether oxygens (including phenoxy) is 1. The molecule has 2 nitrogen and oxygen atoms in total. The molecule has 0 amide bonds. The summed E-state index contributed by atoms with van der Waals surface area (Å²) in [6, 6.07) is 22.3. The first-order valence-electron chi connectivity index (χ1n) is 8.06. The predicted octanol–water partition coefficient (Wildman–Crippen LogP) is 6.60. The number of rotatable bonds is 6. The summed E-state index contributed by atoms with van der Waals surface area (Å²) >= 11 is 9.52. The van der Waals surface area contributed by atoms with E-state index >= 15 is 0 Å². The zero-order valence-electron chi connectivity index (χ0n) is 13.9. The van der Waals surface area contributed by atoms with Gasteiger partial charge in [-0.15, -0.1) is 0 Å². The van der Waals surface area contributed by atoms with Gasteiger partial charge in [-0.25, -0.2) is 0 Å². The topological polar surface area (TPSA) is 21.3 Å². The largest absolute Gasteiger partial charge is 0.489 e. The molecule has 0 unspecified atom stereocenters. The molecule has 0 aliphatic rings. The van der Waals surface area contributed by atoms with Crippen molar-refractivity contribution >= 4 is 33.2 Å². The van der Waals surface area contributed by atoms with E-state index < -0.39 is 0 Å². The zero-order valence-corrected chi connectivity index (χ0v) is 16.3. The minimum absolute atomic E-state index is 0.569. The fourth-order valence-electron chi connectivity index (χ4n) is 2.41. The summed E-state index contributed by atoms with van der Waals surface area (Å²) in [6.07, 6.45) is 0. The molecule has 0 saturated heterocycles. The average Bonchev–Trinajstić information content (AvgIpc) is 2.63. The van der Waals surface area contributed by atoms with Crippen molar-refractivity contribution in [3.05, 3.63) is 92.9 Å². The van der Waals surface area contributed by atoms with Crippen LogP contribution in [-0.2, 0) is 13.2 Å². The Kier molecular flexibility index (Phi) is 6.00. The van der Waals surface area contributed by atoms with Crippen LogP contribution in [0, 0.1) is 6.92 Å². The van der Waals surface area contributed by atoms with Crippen LogP contribution < -0.4 is 10.1 Å². The maximum absolute atomic E-state index is 6.12. The summed E-state index contributed by atoms with van der Waals surface area (Å²) in [6.45, 7) is 3.36. The Balaban J connectivity index is 1.59. The van der Waals surface area contributed by atoms with E-state index in [1.807, 2.05) is 30.3 Å². The SMILES string of the molecule is Cc1ccc(COc2cccc(CNc3ccc(Br)c(Cl)c3)c2)cc1. The first-order valence-corrected chi connectivity index (χ1v) is 9.23. The van der Waals surface area contributed by atoms with E-state index in [9.17, 15) is 0 Å². The molecule has 0 bridgehead atoms. The van der Waals surface area contributed by atoms with Crippen LogP contribution in [0.25, 0.3) is 0 Å². The molecular weight excluding hydrogens is 398 g/mol. The van der Waals surface area contributed by atoms with Crippen molar-refractivity contribution in [1.29, 1.82) is 0 Å². The van der Waals surface area contributed by atoms with Crippen LogP contribution in [0.4, 0.5) is 5.69 Å². The fourth-order valence-corrected chi connectivity index (χ4v) is 2.83. The second-order valence-electron chi connectivity index (χ2n) is 5.90. The van der Waals surface area contributed by atoms with Crippen molar-refractivity contribution in [2.45, 2.75) is 20.1 Å². The summed E-state index contributed by atoms with van der Waals surface area (Å²) < 4.78 is 6.80. The van der Waals surface area contributed by atoms with Gasteiger partial charge < -0.3 is 10.1 Å². The standard InChI is InChI=1S/C21H19BrClNO/c1-15-5-7-16(8-6-15)14-25-19-4-2-3-17(11-19)13-24-18-9-10-20(22)21(23)12-18/h2-12,24H,13-14H2,1H3. The lowest BCUT2D eigenvalue weighted by atomic mass is 10.1. The Morgan fingerprint density at radius 2 is 1.76 bits per heavy atom. The molecule has 3 aromatic rings. The minimum Gasteiger partial charge on any atom is -0.489 e. The maximum atomic E-state index is 6.12. The number of anilines is 1. The van der Waals surface area contributed by atoms with Gasteiger partial charge in [0.25, 0.3) is 0 Å². The number of hydrogen-bond donors (Lipinski definition) is 1. The van der Waals surface area contributed by atoms with Gasteiger partial charge in [0.2, 0.25) is 0 Å².